The van der Waals surface area contributed by atoms with Crippen LogP contribution >= 0.6 is 40.7 Å². The second-order valence-corrected chi connectivity index (χ2v) is 6.89. The van der Waals surface area contributed by atoms with Crippen molar-refractivity contribution in [2.24, 2.45) is 0 Å². The van der Waals surface area contributed by atoms with Gasteiger partial charge in [0.15, 0.2) is 0 Å². The van der Waals surface area contributed by atoms with Gasteiger partial charge in [-0.1, -0.05) is 46.3 Å². The lowest BCUT2D eigenvalue weighted by atomic mass is 10.0. The number of hydrogen-bond acceptors (Lipinski definition) is 3. The van der Waals surface area contributed by atoms with E-state index < -0.39 is 0 Å². The summed E-state index contributed by atoms with van der Waals surface area (Å²) in [5, 5.41) is 9.50. The number of piperazine rings is 1. The number of nitriles is 1. The highest BCUT2D eigenvalue weighted by molar-refractivity contribution is 9.10. The van der Waals surface area contributed by atoms with Crippen LogP contribution in [0.4, 0.5) is 5.69 Å². The van der Waals surface area contributed by atoms with Crippen LogP contribution in [-0.2, 0) is 0 Å². The van der Waals surface area contributed by atoms with Gasteiger partial charge in [-0.2, -0.15) is 5.26 Å². The summed E-state index contributed by atoms with van der Waals surface area (Å²) in [5.41, 5.74) is 3.87. The second-order valence-electron chi connectivity index (χ2n) is 6.03. The van der Waals surface area contributed by atoms with Crippen molar-refractivity contribution in [3.63, 3.8) is 0 Å². The Balaban J connectivity index is 0.00000169. The maximum Gasteiger partial charge on any atom is 0.0998 e. The van der Waals surface area contributed by atoms with Crippen LogP contribution in [0.15, 0.2) is 53.0 Å². The third-order valence-electron chi connectivity index (χ3n) is 4.36. The summed E-state index contributed by atoms with van der Waals surface area (Å²) >= 11 is 3.52. The highest BCUT2D eigenvalue weighted by Crippen LogP contribution is 2.26. The number of nitrogens with zero attached hydrogens (tertiary/aromatic N) is 3. The van der Waals surface area contributed by atoms with Gasteiger partial charge in [0.1, 0.15) is 0 Å². The normalized spacial score (nSPS) is 14.8. The molecule has 0 unspecified atom stereocenters. The van der Waals surface area contributed by atoms with Crippen LogP contribution in [0.25, 0.3) is 11.6 Å². The van der Waals surface area contributed by atoms with E-state index in [0.717, 1.165) is 41.8 Å². The predicted octanol–water partition coefficient (Wildman–Crippen LogP) is 5.11. The van der Waals surface area contributed by atoms with Gasteiger partial charge < -0.3 is 9.80 Å². The van der Waals surface area contributed by atoms with Gasteiger partial charge in [0, 0.05) is 41.9 Å². The van der Waals surface area contributed by atoms with Gasteiger partial charge in [-0.25, -0.2) is 0 Å². The molecule has 138 valence electrons. The van der Waals surface area contributed by atoms with Crippen molar-refractivity contribution < 1.29 is 0 Å². The lowest BCUT2D eigenvalue weighted by Crippen LogP contribution is -2.44. The molecule has 1 saturated heterocycles. The first kappa shape index (κ1) is 22.5. The van der Waals surface area contributed by atoms with Gasteiger partial charge in [0.05, 0.1) is 11.6 Å². The molecule has 0 atom stereocenters. The van der Waals surface area contributed by atoms with Gasteiger partial charge in [-0.05, 0) is 36.9 Å². The largest absolute Gasteiger partial charge is 0.369 e. The van der Waals surface area contributed by atoms with Crippen molar-refractivity contribution in [1.82, 2.24) is 4.90 Å². The van der Waals surface area contributed by atoms with Crippen LogP contribution in [0.3, 0.4) is 0 Å². The van der Waals surface area contributed by atoms with Gasteiger partial charge in [0.2, 0.25) is 0 Å². The standard InChI is InChI=1S/C20H20BrN3.2ClH/c1-23-10-12-24(13-11-23)18-8-6-16(7-9-18)14-17(15-22)19-4-2-3-5-20(19)21;;/h2-9,14H,10-13H2,1H3;2*1H/b17-14+;;. The third kappa shape index (κ3) is 5.49. The molecule has 1 fully saturated rings. The highest BCUT2D eigenvalue weighted by Gasteiger charge is 2.14. The molecule has 1 heterocycles. The molecule has 0 aromatic heterocycles. The molecule has 26 heavy (non-hydrogen) atoms. The van der Waals surface area contributed by atoms with Crippen LogP contribution in [0.2, 0.25) is 0 Å². The molecule has 3 rings (SSSR count). The minimum absolute atomic E-state index is 0. The fraction of sp³-hybridized carbons (Fsp3) is 0.250. The Morgan fingerprint density at radius 1 is 1.00 bits per heavy atom. The number of allylic oxidation sites excluding steroid dienone is 1. The van der Waals surface area contributed by atoms with Crippen molar-refractivity contribution in [3.05, 3.63) is 64.1 Å². The van der Waals surface area contributed by atoms with E-state index in [1.807, 2.05) is 30.3 Å². The maximum atomic E-state index is 9.50. The molecule has 0 bridgehead atoms. The van der Waals surface area contributed by atoms with E-state index in [1.54, 1.807) is 0 Å². The fourth-order valence-corrected chi connectivity index (χ4v) is 3.36. The lowest BCUT2D eigenvalue weighted by Gasteiger charge is -2.34. The van der Waals surface area contributed by atoms with Crippen LogP contribution in [0.1, 0.15) is 11.1 Å². The Morgan fingerprint density at radius 2 is 1.62 bits per heavy atom. The highest BCUT2D eigenvalue weighted by atomic mass is 79.9. The first-order chi connectivity index (χ1) is 11.7. The molecule has 1 aliphatic rings. The zero-order valence-corrected chi connectivity index (χ0v) is 17.8. The molecular formula is C20H22BrCl2N3. The SMILES string of the molecule is CN1CCN(c2ccc(/C=C(\C#N)c3ccccc3Br)cc2)CC1.Cl.Cl. The number of rotatable bonds is 3. The Hall–Kier alpha value is -1.51. The maximum absolute atomic E-state index is 9.50. The van der Waals surface area contributed by atoms with E-state index in [0.29, 0.717) is 5.57 Å². The van der Waals surface area contributed by atoms with Crippen molar-refractivity contribution >= 4 is 58.1 Å². The van der Waals surface area contributed by atoms with Crippen molar-refractivity contribution in [1.29, 1.82) is 5.26 Å². The number of benzene rings is 2. The Kier molecular flexibility index (Phi) is 9.18. The molecule has 3 nitrogen and oxygen atoms in total. The van der Waals surface area contributed by atoms with Gasteiger partial charge in [0.25, 0.3) is 0 Å². The van der Waals surface area contributed by atoms with E-state index in [2.05, 4.69) is 63.1 Å². The zero-order chi connectivity index (χ0) is 16.9. The minimum Gasteiger partial charge on any atom is -0.369 e. The quantitative estimate of drug-likeness (QED) is 0.476. The smallest absolute Gasteiger partial charge is 0.0998 e. The minimum atomic E-state index is 0. The third-order valence-corrected chi connectivity index (χ3v) is 5.05. The Morgan fingerprint density at radius 3 is 2.19 bits per heavy atom. The summed E-state index contributed by atoms with van der Waals surface area (Å²) in [4.78, 5) is 4.76. The van der Waals surface area contributed by atoms with Crippen LogP contribution < -0.4 is 4.90 Å². The molecule has 0 radical (unpaired) electrons. The first-order valence-electron chi connectivity index (χ1n) is 8.07. The summed E-state index contributed by atoms with van der Waals surface area (Å²) < 4.78 is 0.937. The van der Waals surface area contributed by atoms with E-state index in [4.69, 9.17) is 0 Å². The molecule has 0 N–H and O–H groups in total. The summed E-state index contributed by atoms with van der Waals surface area (Å²) in [6.07, 6.45) is 1.94. The zero-order valence-electron chi connectivity index (χ0n) is 14.6. The Bertz CT molecular complexity index is 776. The average molecular weight is 455 g/mol. The van der Waals surface area contributed by atoms with Gasteiger partial charge in [-0.3, -0.25) is 0 Å². The van der Waals surface area contributed by atoms with Gasteiger partial charge >= 0.3 is 0 Å². The van der Waals surface area contributed by atoms with E-state index in [9.17, 15) is 5.26 Å². The molecule has 0 spiro atoms. The van der Waals surface area contributed by atoms with Crippen molar-refractivity contribution in [2.75, 3.05) is 38.1 Å². The number of halogens is 3. The predicted molar refractivity (Wildman–Crippen MR) is 118 cm³/mol. The number of anilines is 1. The summed E-state index contributed by atoms with van der Waals surface area (Å²) in [5.74, 6) is 0. The van der Waals surface area contributed by atoms with Crippen LogP contribution in [0, 0.1) is 11.3 Å². The van der Waals surface area contributed by atoms with E-state index in [-0.39, 0.29) is 24.8 Å². The fourth-order valence-electron chi connectivity index (χ4n) is 2.86. The van der Waals surface area contributed by atoms with Crippen molar-refractivity contribution in [3.8, 4) is 6.07 Å². The number of hydrogen-bond donors (Lipinski definition) is 0. The van der Waals surface area contributed by atoms with Crippen LogP contribution in [-0.4, -0.2) is 38.1 Å². The molecular weight excluding hydrogens is 433 g/mol. The topological polar surface area (TPSA) is 30.3 Å². The van der Waals surface area contributed by atoms with Crippen molar-refractivity contribution in [2.45, 2.75) is 0 Å². The Labute approximate surface area is 176 Å². The first-order valence-corrected chi connectivity index (χ1v) is 8.87. The number of likely N-dealkylation sites (N-methyl/N-ethyl adjacent to an activating group) is 1. The monoisotopic (exact) mass is 453 g/mol. The molecule has 0 amide bonds. The second kappa shape index (κ2) is 10.6. The molecule has 1 aliphatic heterocycles. The summed E-state index contributed by atoms with van der Waals surface area (Å²) in [6, 6.07) is 18.6. The molecule has 2 aromatic carbocycles. The summed E-state index contributed by atoms with van der Waals surface area (Å²) in [7, 11) is 2.16. The molecule has 2 aromatic rings. The molecule has 0 aliphatic carbocycles. The molecule has 0 saturated carbocycles. The van der Waals surface area contributed by atoms with E-state index in [1.165, 1.54) is 5.69 Å². The van der Waals surface area contributed by atoms with E-state index >= 15 is 0 Å². The van der Waals surface area contributed by atoms with Crippen LogP contribution in [0.5, 0.6) is 0 Å². The van der Waals surface area contributed by atoms with Gasteiger partial charge in [-0.15, -0.1) is 24.8 Å². The summed E-state index contributed by atoms with van der Waals surface area (Å²) in [6.45, 7) is 4.32. The average Bonchev–Trinajstić information content (AvgIpc) is 2.62. The molecule has 6 heteroatoms. The lowest BCUT2D eigenvalue weighted by molar-refractivity contribution is 0.313.